The van der Waals surface area contributed by atoms with Crippen LogP contribution in [0.5, 0.6) is 0 Å². The minimum Gasteiger partial charge on any atom is -0.394 e. The summed E-state index contributed by atoms with van der Waals surface area (Å²) in [5, 5.41) is 27.6. The first-order valence-corrected chi connectivity index (χ1v) is 3.67. The van der Waals surface area contributed by atoms with Gasteiger partial charge in [0.1, 0.15) is 17.8 Å². The molecule has 0 aromatic heterocycles. The second-order valence-corrected chi connectivity index (χ2v) is 3.17. The van der Waals surface area contributed by atoms with Crippen LogP contribution in [0.25, 0.3) is 0 Å². The van der Waals surface area contributed by atoms with E-state index in [1.165, 1.54) is 6.92 Å². The number of rotatable bonds is 1. The molecule has 11 heavy (non-hydrogen) atoms. The van der Waals surface area contributed by atoms with Crippen molar-refractivity contribution in [2.24, 2.45) is 0 Å². The molecule has 1 heterocycles. The second-order valence-electron chi connectivity index (χ2n) is 3.17. The molecule has 66 valence electrons. The normalized spacial score (nSPS) is 51.5. The van der Waals surface area contributed by atoms with Gasteiger partial charge in [-0.05, 0) is 13.8 Å². The quantitative estimate of drug-likeness (QED) is 0.456. The summed E-state index contributed by atoms with van der Waals surface area (Å²) < 4.78 is 5.09. The van der Waals surface area contributed by atoms with Gasteiger partial charge in [0.2, 0.25) is 0 Å². The molecule has 0 amide bonds. The van der Waals surface area contributed by atoms with Crippen LogP contribution < -0.4 is 0 Å². The van der Waals surface area contributed by atoms with Crippen LogP contribution in [-0.2, 0) is 4.74 Å². The van der Waals surface area contributed by atoms with Crippen molar-refractivity contribution < 1.29 is 20.1 Å². The Labute approximate surface area is 65.4 Å². The van der Waals surface area contributed by atoms with Crippen molar-refractivity contribution in [3.05, 3.63) is 0 Å². The molecule has 4 heteroatoms. The van der Waals surface area contributed by atoms with Gasteiger partial charge in [-0.1, -0.05) is 0 Å². The molecule has 1 unspecified atom stereocenters. The predicted octanol–water partition coefficient (Wildman–Crippen LogP) is -1.12. The van der Waals surface area contributed by atoms with Crippen LogP contribution in [-0.4, -0.2) is 45.8 Å². The van der Waals surface area contributed by atoms with Crippen LogP contribution in [0.1, 0.15) is 13.8 Å². The molecule has 0 saturated carbocycles. The lowest BCUT2D eigenvalue weighted by atomic mass is 9.94. The zero-order chi connectivity index (χ0) is 8.65. The van der Waals surface area contributed by atoms with Crippen molar-refractivity contribution in [1.82, 2.24) is 0 Å². The zero-order valence-corrected chi connectivity index (χ0v) is 6.69. The van der Waals surface area contributed by atoms with Gasteiger partial charge in [0.25, 0.3) is 0 Å². The highest BCUT2D eigenvalue weighted by atomic mass is 16.6. The Morgan fingerprint density at radius 1 is 1.55 bits per heavy atom. The molecular weight excluding hydrogens is 148 g/mol. The number of aliphatic hydroxyl groups is 3. The van der Waals surface area contributed by atoms with Crippen LogP contribution in [0.2, 0.25) is 0 Å². The highest BCUT2D eigenvalue weighted by Gasteiger charge is 2.49. The molecule has 1 aliphatic rings. The van der Waals surface area contributed by atoms with Crippen molar-refractivity contribution in [2.75, 3.05) is 6.61 Å². The third kappa shape index (κ3) is 1.27. The lowest BCUT2D eigenvalue weighted by molar-refractivity contribution is -0.0572. The van der Waals surface area contributed by atoms with Crippen LogP contribution in [0.3, 0.4) is 0 Å². The van der Waals surface area contributed by atoms with Gasteiger partial charge in [-0.2, -0.15) is 0 Å². The van der Waals surface area contributed by atoms with Crippen LogP contribution in [0.15, 0.2) is 0 Å². The van der Waals surface area contributed by atoms with E-state index in [4.69, 9.17) is 9.84 Å². The molecule has 0 aromatic rings. The average Bonchev–Trinajstić information content (AvgIpc) is 2.14. The molecule has 3 N–H and O–H groups in total. The maximum atomic E-state index is 9.55. The summed E-state index contributed by atoms with van der Waals surface area (Å²) in [6, 6.07) is 0. The molecule has 1 saturated heterocycles. The summed E-state index contributed by atoms with van der Waals surface area (Å²) in [7, 11) is 0. The van der Waals surface area contributed by atoms with Gasteiger partial charge in [0.15, 0.2) is 0 Å². The Balaban J connectivity index is 2.71. The molecule has 0 radical (unpaired) electrons. The van der Waals surface area contributed by atoms with Crippen LogP contribution >= 0.6 is 0 Å². The topological polar surface area (TPSA) is 69.9 Å². The van der Waals surface area contributed by atoms with Crippen LogP contribution in [0.4, 0.5) is 0 Å². The van der Waals surface area contributed by atoms with E-state index in [0.29, 0.717) is 0 Å². The number of hydrogen-bond acceptors (Lipinski definition) is 4. The van der Waals surface area contributed by atoms with E-state index >= 15 is 0 Å². The van der Waals surface area contributed by atoms with Crippen molar-refractivity contribution in [2.45, 2.75) is 37.8 Å². The minimum absolute atomic E-state index is 0.262. The molecule has 4 nitrogen and oxygen atoms in total. The van der Waals surface area contributed by atoms with Crippen LogP contribution in [0, 0.1) is 0 Å². The van der Waals surface area contributed by atoms with Gasteiger partial charge in [-0.15, -0.1) is 0 Å². The number of ether oxygens (including phenoxy) is 1. The van der Waals surface area contributed by atoms with Gasteiger partial charge in [-0.3, -0.25) is 0 Å². The van der Waals surface area contributed by atoms with Gasteiger partial charge >= 0.3 is 0 Å². The largest absolute Gasteiger partial charge is 0.394 e. The fraction of sp³-hybridized carbons (Fsp3) is 1.00. The van der Waals surface area contributed by atoms with E-state index < -0.39 is 23.9 Å². The fourth-order valence-electron chi connectivity index (χ4n) is 1.23. The maximum absolute atomic E-state index is 9.55. The highest BCUT2D eigenvalue weighted by molar-refractivity contribution is 4.98. The van der Waals surface area contributed by atoms with E-state index in [-0.39, 0.29) is 6.61 Å². The molecule has 1 rings (SSSR count). The van der Waals surface area contributed by atoms with Crippen molar-refractivity contribution in [1.29, 1.82) is 0 Å². The van der Waals surface area contributed by atoms with Crippen molar-refractivity contribution >= 4 is 0 Å². The number of hydrogen-bond donors (Lipinski definition) is 3. The molecule has 0 aliphatic carbocycles. The first-order chi connectivity index (χ1) is 5.00. The van der Waals surface area contributed by atoms with E-state index in [1.807, 2.05) is 0 Å². The maximum Gasteiger partial charge on any atom is 0.116 e. The molecule has 4 atom stereocenters. The van der Waals surface area contributed by atoms with Gasteiger partial charge in [-0.25, -0.2) is 0 Å². The number of aliphatic hydroxyl groups excluding tert-OH is 2. The molecular formula is C7H14O4. The molecule has 0 aromatic carbocycles. The first kappa shape index (κ1) is 8.93. The second kappa shape index (κ2) is 2.71. The van der Waals surface area contributed by atoms with Gasteiger partial charge in [0.05, 0.1) is 12.7 Å². The summed E-state index contributed by atoms with van der Waals surface area (Å²) >= 11 is 0. The summed E-state index contributed by atoms with van der Waals surface area (Å²) in [6.45, 7) is 2.90. The first-order valence-electron chi connectivity index (χ1n) is 3.67. The van der Waals surface area contributed by atoms with E-state index in [1.54, 1.807) is 6.92 Å². The molecule has 1 aliphatic heterocycles. The zero-order valence-electron chi connectivity index (χ0n) is 6.69. The lowest BCUT2D eigenvalue weighted by Gasteiger charge is -2.23. The Morgan fingerprint density at radius 3 is 2.27 bits per heavy atom. The predicted molar refractivity (Wildman–Crippen MR) is 38.1 cm³/mol. The minimum atomic E-state index is -1.24. The fourth-order valence-corrected chi connectivity index (χ4v) is 1.23. The van der Waals surface area contributed by atoms with E-state index in [0.717, 1.165) is 0 Å². The van der Waals surface area contributed by atoms with E-state index in [9.17, 15) is 10.2 Å². The monoisotopic (exact) mass is 162 g/mol. The van der Waals surface area contributed by atoms with Gasteiger partial charge < -0.3 is 20.1 Å². The Kier molecular flexibility index (Phi) is 2.20. The highest BCUT2D eigenvalue weighted by Crippen LogP contribution is 2.29. The SMILES string of the molecule is CC1O[C@H](CO)[C@@H](O)[C@@]1(C)O. The van der Waals surface area contributed by atoms with Crippen molar-refractivity contribution in [3.63, 3.8) is 0 Å². The average molecular weight is 162 g/mol. The Bertz CT molecular complexity index is 145. The summed E-state index contributed by atoms with van der Waals surface area (Å²) in [5.74, 6) is 0. The summed E-state index contributed by atoms with van der Waals surface area (Å²) in [4.78, 5) is 0. The lowest BCUT2D eigenvalue weighted by Crippen LogP contribution is -2.44. The smallest absolute Gasteiger partial charge is 0.116 e. The van der Waals surface area contributed by atoms with Crippen molar-refractivity contribution in [3.8, 4) is 0 Å². The molecule has 0 bridgehead atoms. The Hall–Kier alpha value is -0.160. The third-order valence-corrected chi connectivity index (χ3v) is 2.33. The van der Waals surface area contributed by atoms with E-state index in [2.05, 4.69) is 0 Å². The van der Waals surface area contributed by atoms with Gasteiger partial charge in [0, 0.05) is 0 Å². The molecule has 0 spiro atoms. The Morgan fingerprint density at radius 2 is 2.09 bits per heavy atom. The standard InChI is InChI=1S/C7H14O4/c1-4-7(2,10)6(9)5(3-8)11-4/h4-6,8-10H,3H2,1-2H3/t4?,5-,6-,7+/m1/s1. The molecule has 1 fully saturated rings. The third-order valence-electron chi connectivity index (χ3n) is 2.33. The summed E-state index contributed by atoms with van der Waals surface area (Å²) in [6.07, 6.45) is -2.09. The summed E-state index contributed by atoms with van der Waals surface area (Å²) in [5.41, 5.74) is -1.24.